The Hall–Kier alpha value is -0.520. The summed E-state index contributed by atoms with van der Waals surface area (Å²) in [6.45, 7) is 0.243. The van der Waals surface area contributed by atoms with Crippen molar-refractivity contribution < 1.29 is 10.2 Å². The van der Waals surface area contributed by atoms with Gasteiger partial charge in [-0.3, -0.25) is 0 Å². The molecule has 1 saturated carbocycles. The lowest BCUT2D eigenvalue weighted by molar-refractivity contribution is 0.164. The molecule has 80 valence electrons. The fraction of sp³-hybridized carbons (Fsp3) is 0.833. The van der Waals surface area contributed by atoms with Crippen molar-refractivity contribution in [3.8, 4) is 11.8 Å². The van der Waals surface area contributed by atoms with E-state index in [1.807, 2.05) is 0 Å². The van der Waals surface area contributed by atoms with E-state index >= 15 is 0 Å². The highest BCUT2D eigenvalue weighted by atomic mass is 16.3. The lowest BCUT2D eigenvalue weighted by Crippen LogP contribution is -2.14. The van der Waals surface area contributed by atoms with E-state index in [1.54, 1.807) is 0 Å². The highest BCUT2D eigenvalue weighted by molar-refractivity contribution is 5.06. The normalized spacial score (nSPS) is 19.0. The molecular formula is C12H20O2. The standard InChI is InChI=1S/C12H20O2/c13-10-6-2-1-3-9-12(14)11-7-4-5-8-11/h11-14H,1-2,4-8,10H2. The van der Waals surface area contributed by atoms with Crippen LogP contribution in [0.25, 0.3) is 0 Å². The summed E-state index contributed by atoms with van der Waals surface area (Å²) in [4.78, 5) is 0. The molecular weight excluding hydrogens is 176 g/mol. The Bertz CT molecular complexity index is 196. The van der Waals surface area contributed by atoms with Gasteiger partial charge in [0.05, 0.1) is 0 Å². The van der Waals surface area contributed by atoms with Crippen molar-refractivity contribution in [1.29, 1.82) is 0 Å². The highest BCUT2D eigenvalue weighted by Gasteiger charge is 2.21. The molecule has 0 aliphatic heterocycles. The molecule has 0 amide bonds. The van der Waals surface area contributed by atoms with Crippen LogP contribution in [0.1, 0.15) is 44.9 Å². The van der Waals surface area contributed by atoms with E-state index in [-0.39, 0.29) is 6.61 Å². The van der Waals surface area contributed by atoms with Gasteiger partial charge in [-0.2, -0.15) is 0 Å². The molecule has 0 heterocycles. The van der Waals surface area contributed by atoms with Crippen LogP contribution in [0.3, 0.4) is 0 Å². The number of hydrogen-bond acceptors (Lipinski definition) is 2. The number of unbranched alkanes of at least 4 members (excludes halogenated alkanes) is 2. The summed E-state index contributed by atoms with van der Waals surface area (Å²) in [5.74, 6) is 6.31. The zero-order valence-electron chi connectivity index (χ0n) is 8.71. The maximum atomic E-state index is 9.68. The van der Waals surface area contributed by atoms with Gasteiger partial charge in [-0.25, -0.2) is 0 Å². The average molecular weight is 196 g/mol. The van der Waals surface area contributed by atoms with E-state index in [0.717, 1.165) is 32.1 Å². The van der Waals surface area contributed by atoms with Crippen LogP contribution < -0.4 is 0 Å². The number of aliphatic hydroxyl groups excluding tert-OH is 2. The van der Waals surface area contributed by atoms with Crippen LogP contribution in [0.5, 0.6) is 0 Å². The summed E-state index contributed by atoms with van der Waals surface area (Å²) in [6.07, 6.45) is 6.88. The van der Waals surface area contributed by atoms with Crippen LogP contribution in [0.2, 0.25) is 0 Å². The van der Waals surface area contributed by atoms with Crippen molar-refractivity contribution in [3.63, 3.8) is 0 Å². The molecule has 0 saturated heterocycles. The molecule has 0 aromatic heterocycles. The molecule has 1 rings (SSSR count). The molecule has 1 atom stereocenters. The Morgan fingerprint density at radius 2 is 1.93 bits per heavy atom. The fourth-order valence-corrected chi connectivity index (χ4v) is 1.89. The Balaban J connectivity index is 2.14. The van der Waals surface area contributed by atoms with E-state index in [0.29, 0.717) is 5.92 Å². The monoisotopic (exact) mass is 196 g/mol. The lowest BCUT2D eigenvalue weighted by atomic mass is 10.0. The van der Waals surface area contributed by atoms with Gasteiger partial charge in [-0.15, -0.1) is 5.92 Å². The van der Waals surface area contributed by atoms with Gasteiger partial charge in [0.1, 0.15) is 6.10 Å². The molecule has 0 radical (unpaired) electrons. The van der Waals surface area contributed by atoms with Gasteiger partial charge in [0.2, 0.25) is 0 Å². The zero-order chi connectivity index (χ0) is 10.2. The molecule has 2 nitrogen and oxygen atoms in total. The first-order valence-corrected chi connectivity index (χ1v) is 5.62. The molecule has 0 spiro atoms. The first-order chi connectivity index (χ1) is 6.84. The second kappa shape index (κ2) is 6.86. The summed E-state index contributed by atoms with van der Waals surface area (Å²) in [6, 6.07) is 0. The van der Waals surface area contributed by atoms with Gasteiger partial charge in [-0.1, -0.05) is 18.8 Å². The van der Waals surface area contributed by atoms with E-state index in [4.69, 9.17) is 5.11 Å². The van der Waals surface area contributed by atoms with Gasteiger partial charge in [-0.05, 0) is 31.6 Å². The minimum absolute atomic E-state index is 0.243. The number of hydrogen-bond donors (Lipinski definition) is 2. The third kappa shape index (κ3) is 4.13. The second-order valence-electron chi connectivity index (χ2n) is 3.99. The average Bonchev–Trinajstić information content (AvgIpc) is 2.70. The Morgan fingerprint density at radius 1 is 1.21 bits per heavy atom. The molecule has 1 aliphatic rings. The van der Waals surface area contributed by atoms with Crippen molar-refractivity contribution >= 4 is 0 Å². The van der Waals surface area contributed by atoms with Gasteiger partial charge in [0, 0.05) is 13.0 Å². The lowest BCUT2D eigenvalue weighted by Gasteiger charge is -2.10. The Labute approximate surface area is 86.3 Å². The fourth-order valence-electron chi connectivity index (χ4n) is 1.89. The molecule has 0 aromatic rings. The van der Waals surface area contributed by atoms with Crippen LogP contribution in [-0.2, 0) is 0 Å². The summed E-state index contributed by atoms with van der Waals surface area (Å²) < 4.78 is 0. The molecule has 2 heteroatoms. The van der Waals surface area contributed by atoms with Gasteiger partial charge in [0.15, 0.2) is 0 Å². The molecule has 1 fully saturated rings. The molecule has 14 heavy (non-hydrogen) atoms. The third-order valence-electron chi connectivity index (χ3n) is 2.81. The SMILES string of the molecule is OCCCCC#CC(O)C1CCCC1. The van der Waals surface area contributed by atoms with E-state index in [9.17, 15) is 5.11 Å². The maximum absolute atomic E-state index is 9.68. The summed E-state index contributed by atoms with van der Waals surface area (Å²) >= 11 is 0. The minimum atomic E-state index is -0.411. The quantitative estimate of drug-likeness (QED) is 0.531. The smallest absolute Gasteiger partial charge is 0.117 e. The molecule has 2 N–H and O–H groups in total. The minimum Gasteiger partial charge on any atom is -0.396 e. The van der Waals surface area contributed by atoms with E-state index < -0.39 is 6.10 Å². The Kier molecular flexibility index (Phi) is 5.66. The second-order valence-corrected chi connectivity index (χ2v) is 3.99. The summed E-state index contributed by atoms with van der Waals surface area (Å²) in [5, 5.41) is 18.2. The van der Waals surface area contributed by atoms with Crippen molar-refractivity contribution in [1.82, 2.24) is 0 Å². The largest absolute Gasteiger partial charge is 0.396 e. The summed E-state index contributed by atoms with van der Waals surface area (Å²) in [5.41, 5.74) is 0. The van der Waals surface area contributed by atoms with Crippen LogP contribution in [0.15, 0.2) is 0 Å². The van der Waals surface area contributed by atoms with Gasteiger partial charge >= 0.3 is 0 Å². The zero-order valence-corrected chi connectivity index (χ0v) is 8.71. The molecule has 1 aliphatic carbocycles. The first-order valence-electron chi connectivity index (χ1n) is 5.62. The van der Waals surface area contributed by atoms with Gasteiger partial charge < -0.3 is 10.2 Å². The third-order valence-corrected chi connectivity index (χ3v) is 2.81. The van der Waals surface area contributed by atoms with Crippen molar-refractivity contribution in [2.75, 3.05) is 6.61 Å². The van der Waals surface area contributed by atoms with Gasteiger partial charge in [0.25, 0.3) is 0 Å². The number of rotatable bonds is 4. The molecule has 0 bridgehead atoms. The molecule has 0 aromatic carbocycles. The summed E-state index contributed by atoms with van der Waals surface area (Å²) in [7, 11) is 0. The highest BCUT2D eigenvalue weighted by Crippen LogP contribution is 2.27. The van der Waals surface area contributed by atoms with Crippen molar-refractivity contribution in [2.45, 2.75) is 51.0 Å². The maximum Gasteiger partial charge on any atom is 0.117 e. The van der Waals surface area contributed by atoms with Crippen LogP contribution in [-0.4, -0.2) is 22.9 Å². The van der Waals surface area contributed by atoms with E-state index in [2.05, 4.69) is 11.8 Å². The molecule has 1 unspecified atom stereocenters. The first kappa shape index (κ1) is 11.6. The number of aliphatic hydroxyl groups is 2. The predicted octanol–water partition coefficient (Wildman–Crippen LogP) is 1.70. The van der Waals surface area contributed by atoms with Crippen LogP contribution >= 0.6 is 0 Å². The van der Waals surface area contributed by atoms with Crippen molar-refractivity contribution in [2.24, 2.45) is 5.92 Å². The van der Waals surface area contributed by atoms with Crippen LogP contribution in [0, 0.1) is 17.8 Å². The van der Waals surface area contributed by atoms with Crippen molar-refractivity contribution in [3.05, 3.63) is 0 Å². The Morgan fingerprint density at radius 3 is 2.57 bits per heavy atom. The van der Waals surface area contributed by atoms with Crippen LogP contribution in [0.4, 0.5) is 0 Å². The van der Waals surface area contributed by atoms with E-state index in [1.165, 1.54) is 12.8 Å². The predicted molar refractivity (Wildman–Crippen MR) is 56.7 cm³/mol. The topological polar surface area (TPSA) is 40.5 Å².